The fourth-order valence-corrected chi connectivity index (χ4v) is 6.88. The van der Waals surface area contributed by atoms with Gasteiger partial charge in [0.05, 0.1) is 35.7 Å². The third-order valence-corrected chi connectivity index (χ3v) is 9.87. The zero-order valence-electron chi connectivity index (χ0n) is 31.4. The summed E-state index contributed by atoms with van der Waals surface area (Å²) in [6.07, 6.45) is 20.3. The Morgan fingerprint density at radius 1 is 0.423 bits per heavy atom. The van der Waals surface area contributed by atoms with Crippen molar-refractivity contribution < 1.29 is 19.1 Å². The zero-order chi connectivity index (χ0) is 36.4. The van der Waals surface area contributed by atoms with Crippen LogP contribution in [0.15, 0.2) is 84.9 Å². The van der Waals surface area contributed by atoms with Gasteiger partial charge in [-0.25, -0.2) is 0 Å². The maximum atomic E-state index is 14.0. The number of unbranched alkanes of at least 4 members (excludes halogenated alkanes) is 14. The summed E-state index contributed by atoms with van der Waals surface area (Å²) in [5.41, 5.74) is 4.43. The molecule has 0 bridgehead atoms. The van der Waals surface area contributed by atoms with Gasteiger partial charge in [-0.1, -0.05) is 128 Å². The lowest BCUT2D eigenvalue weighted by molar-refractivity contribution is 0.0980. The van der Waals surface area contributed by atoms with Crippen LogP contribution in [-0.4, -0.2) is 24.8 Å². The highest BCUT2D eigenvalue weighted by Crippen LogP contribution is 2.37. The maximum Gasteiger partial charge on any atom is 0.196 e. The van der Waals surface area contributed by atoms with Gasteiger partial charge < -0.3 is 20.1 Å². The van der Waals surface area contributed by atoms with Crippen molar-refractivity contribution in [1.82, 2.24) is 0 Å². The highest BCUT2D eigenvalue weighted by Gasteiger charge is 2.33. The fourth-order valence-electron chi connectivity index (χ4n) is 6.88. The van der Waals surface area contributed by atoms with E-state index in [-0.39, 0.29) is 11.6 Å². The van der Waals surface area contributed by atoms with E-state index in [0.29, 0.717) is 46.8 Å². The minimum atomic E-state index is -0.175. The first-order chi connectivity index (χ1) is 25.6. The normalized spacial score (nSPS) is 12.0. The number of rotatable bonds is 24. The van der Waals surface area contributed by atoms with Gasteiger partial charge in [0.1, 0.15) is 11.5 Å². The van der Waals surface area contributed by atoms with Crippen LogP contribution in [0.25, 0.3) is 0 Å². The molecule has 0 amide bonds. The van der Waals surface area contributed by atoms with E-state index >= 15 is 0 Å². The molecule has 0 unspecified atom stereocenters. The van der Waals surface area contributed by atoms with Crippen LogP contribution >= 0.6 is 0 Å². The molecule has 0 saturated heterocycles. The van der Waals surface area contributed by atoms with E-state index in [4.69, 9.17) is 9.47 Å². The molecular formula is C46H58N2O4. The molecule has 1 aliphatic rings. The molecule has 0 aromatic heterocycles. The van der Waals surface area contributed by atoms with E-state index in [1.165, 1.54) is 89.9 Å². The van der Waals surface area contributed by atoms with Crippen LogP contribution in [0.2, 0.25) is 0 Å². The predicted molar refractivity (Wildman–Crippen MR) is 215 cm³/mol. The van der Waals surface area contributed by atoms with Gasteiger partial charge in [0.15, 0.2) is 11.6 Å². The topological polar surface area (TPSA) is 76.7 Å². The van der Waals surface area contributed by atoms with Crippen molar-refractivity contribution in [3.05, 3.63) is 107 Å². The summed E-state index contributed by atoms with van der Waals surface area (Å²) < 4.78 is 12.0. The number of nitrogens with one attached hydrogen (secondary N) is 2. The summed E-state index contributed by atoms with van der Waals surface area (Å²) >= 11 is 0. The molecule has 4 aromatic rings. The molecule has 0 spiro atoms. The highest BCUT2D eigenvalue weighted by molar-refractivity contribution is 6.32. The van der Waals surface area contributed by atoms with Gasteiger partial charge in [-0.15, -0.1) is 0 Å². The molecule has 6 nitrogen and oxygen atoms in total. The number of ether oxygens (including phenoxy) is 2. The van der Waals surface area contributed by atoms with E-state index in [9.17, 15) is 9.59 Å². The molecule has 276 valence electrons. The van der Waals surface area contributed by atoms with Crippen molar-refractivity contribution in [1.29, 1.82) is 0 Å². The first-order valence-electron chi connectivity index (χ1n) is 19.9. The van der Waals surface area contributed by atoms with Crippen molar-refractivity contribution in [2.24, 2.45) is 0 Å². The molecule has 0 heterocycles. The second-order valence-electron chi connectivity index (χ2n) is 14.1. The summed E-state index contributed by atoms with van der Waals surface area (Å²) in [7, 11) is 0. The molecule has 0 radical (unpaired) electrons. The molecule has 4 aromatic carbocycles. The third-order valence-electron chi connectivity index (χ3n) is 9.87. The quantitative estimate of drug-likeness (QED) is 0.0623. The second-order valence-corrected chi connectivity index (χ2v) is 14.1. The first-order valence-corrected chi connectivity index (χ1v) is 19.9. The molecule has 52 heavy (non-hydrogen) atoms. The number of ketones is 2. The minimum absolute atomic E-state index is 0.175. The Labute approximate surface area is 311 Å². The molecule has 0 atom stereocenters. The van der Waals surface area contributed by atoms with E-state index in [1.807, 2.05) is 72.8 Å². The molecule has 0 fully saturated rings. The van der Waals surface area contributed by atoms with Crippen LogP contribution in [0.5, 0.6) is 11.5 Å². The molecule has 0 saturated carbocycles. The molecule has 0 aliphatic heterocycles. The van der Waals surface area contributed by atoms with Crippen LogP contribution in [0.4, 0.5) is 22.7 Å². The van der Waals surface area contributed by atoms with Gasteiger partial charge >= 0.3 is 0 Å². The third kappa shape index (κ3) is 11.2. The van der Waals surface area contributed by atoms with Crippen molar-refractivity contribution in [3.63, 3.8) is 0 Å². The van der Waals surface area contributed by atoms with Crippen molar-refractivity contribution >= 4 is 34.3 Å². The number of anilines is 4. The predicted octanol–water partition coefficient (Wildman–Crippen LogP) is 13.0. The molecule has 2 N–H and O–H groups in total. The number of hydrogen-bond donors (Lipinski definition) is 2. The monoisotopic (exact) mass is 702 g/mol. The van der Waals surface area contributed by atoms with Gasteiger partial charge in [0, 0.05) is 22.5 Å². The number of carbonyl (C=O) groups excluding carboxylic acids is 2. The largest absolute Gasteiger partial charge is 0.494 e. The van der Waals surface area contributed by atoms with Gasteiger partial charge in [-0.3, -0.25) is 9.59 Å². The Kier molecular flexibility index (Phi) is 15.7. The average molecular weight is 703 g/mol. The Bertz CT molecular complexity index is 1570. The number of benzene rings is 4. The summed E-state index contributed by atoms with van der Waals surface area (Å²) in [4.78, 5) is 28.0. The van der Waals surface area contributed by atoms with E-state index in [1.54, 1.807) is 12.1 Å². The minimum Gasteiger partial charge on any atom is -0.494 e. The lowest BCUT2D eigenvalue weighted by Crippen LogP contribution is -2.23. The van der Waals surface area contributed by atoms with Crippen LogP contribution in [-0.2, 0) is 0 Å². The first kappa shape index (κ1) is 38.6. The standard InChI is InChI=1S/C46H58N2O4/c1-3-5-7-9-11-13-15-17-33-51-37-29-25-35(26-30-37)47-41-23-19-21-39-43(41)45(49)40-22-20-24-42(44(40)46(39)50)48-36-27-31-38(32-28-36)52-34-18-16-14-12-10-8-6-4-2/h19-32,47-48H,3-18,33-34H2,1-2H3. The van der Waals surface area contributed by atoms with Crippen LogP contribution in [0.3, 0.4) is 0 Å². The molecule has 5 rings (SSSR count). The molecular weight excluding hydrogens is 645 g/mol. The van der Waals surface area contributed by atoms with E-state index < -0.39 is 0 Å². The highest BCUT2D eigenvalue weighted by atomic mass is 16.5. The van der Waals surface area contributed by atoms with Crippen molar-refractivity contribution in [2.75, 3.05) is 23.8 Å². The Morgan fingerprint density at radius 3 is 1.13 bits per heavy atom. The summed E-state index contributed by atoms with van der Waals surface area (Å²) in [6.45, 7) is 5.92. The van der Waals surface area contributed by atoms with Gasteiger partial charge in [0.2, 0.25) is 0 Å². The van der Waals surface area contributed by atoms with Crippen LogP contribution in [0, 0.1) is 0 Å². The average Bonchev–Trinajstić information content (AvgIpc) is 3.17. The lowest BCUT2D eigenvalue weighted by Gasteiger charge is -2.23. The number of fused-ring (bicyclic) bond motifs is 2. The summed E-state index contributed by atoms with van der Waals surface area (Å²) in [6, 6.07) is 26.4. The number of hydrogen-bond acceptors (Lipinski definition) is 6. The Morgan fingerprint density at radius 2 is 0.769 bits per heavy atom. The van der Waals surface area contributed by atoms with E-state index in [2.05, 4.69) is 24.5 Å². The summed E-state index contributed by atoms with van der Waals surface area (Å²) in [5.74, 6) is 1.30. The second kappa shape index (κ2) is 21.1. The van der Waals surface area contributed by atoms with Gasteiger partial charge in [-0.2, -0.15) is 0 Å². The smallest absolute Gasteiger partial charge is 0.196 e. The Balaban J connectivity index is 1.14. The zero-order valence-corrected chi connectivity index (χ0v) is 31.4. The van der Waals surface area contributed by atoms with Gasteiger partial charge in [0.25, 0.3) is 0 Å². The van der Waals surface area contributed by atoms with Gasteiger partial charge in [-0.05, 0) is 73.5 Å². The SMILES string of the molecule is CCCCCCCCCCOc1ccc(Nc2cccc3c2C(=O)c2cccc(Nc4ccc(OCCCCCCCCCC)cc4)c2C3=O)cc1. The molecule has 6 heteroatoms. The summed E-state index contributed by atoms with van der Waals surface area (Å²) in [5, 5.41) is 6.77. The molecule has 1 aliphatic carbocycles. The van der Waals surface area contributed by atoms with Crippen molar-refractivity contribution in [2.45, 2.75) is 117 Å². The van der Waals surface area contributed by atoms with Crippen LogP contribution < -0.4 is 20.1 Å². The van der Waals surface area contributed by atoms with E-state index in [0.717, 1.165) is 35.7 Å². The lowest BCUT2D eigenvalue weighted by atomic mass is 9.82. The fraction of sp³-hybridized carbons (Fsp3) is 0.435. The number of carbonyl (C=O) groups is 2. The Hall–Kier alpha value is -4.58. The maximum absolute atomic E-state index is 14.0. The van der Waals surface area contributed by atoms with Crippen molar-refractivity contribution in [3.8, 4) is 11.5 Å². The van der Waals surface area contributed by atoms with Crippen LogP contribution in [0.1, 0.15) is 148 Å².